The molecule has 1 aromatic carbocycles. The summed E-state index contributed by atoms with van der Waals surface area (Å²) in [7, 11) is 1.74. The first-order chi connectivity index (χ1) is 7.65. The predicted molar refractivity (Wildman–Crippen MR) is 58.5 cm³/mol. The molecule has 0 aliphatic carbocycles. The van der Waals surface area contributed by atoms with E-state index in [0.29, 0.717) is 5.69 Å². The van der Waals surface area contributed by atoms with E-state index >= 15 is 0 Å². The van der Waals surface area contributed by atoms with Gasteiger partial charge in [-0.25, -0.2) is 8.78 Å². The number of aryl methyl sites for hydroxylation is 1. The summed E-state index contributed by atoms with van der Waals surface area (Å²) in [6.45, 7) is -0.0985. The Morgan fingerprint density at radius 3 is 2.69 bits per heavy atom. The van der Waals surface area contributed by atoms with Gasteiger partial charge in [0.2, 0.25) is 6.43 Å². The summed E-state index contributed by atoms with van der Waals surface area (Å²) in [6, 6.07) is 7.31. The van der Waals surface area contributed by atoms with Crippen molar-refractivity contribution in [2.24, 2.45) is 12.8 Å². The fourth-order valence-corrected chi connectivity index (χ4v) is 1.85. The smallest absolute Gasteiger partial charge is 0.248 e. The van der Waals surface area contributed by atoms with E-state index in [-0.39, 0.29) is 6.54 Å². The molecule has 1 heterocycles. The second kappa shape index (κ2) is 4.17. The first-order valence-corrected chi connectivity index (χ1v) is 5.05. The molecule has 1 atom stereocenters. The van der Waals surface area contributed by atoms with Crippen LogP contribution in [-0.4, -0.2) is 22.8 Å². The lowest BCUT2D eigenvalue weighted by molar-refractivity contribution is 0.115. The van der Waals surface area contributed by atoms with E-state index in [1.165, 1.54) is 0 Å². The molecule has 0 aliphatic rings. The van der Waals surface area contributed by atoms with E-state index in [9.17, 15) is 8.78 Å². The molecular weight excluding hydrogens is 212 g/mol. The SMILES string of the molecule is Cn1nc(C(CN)C(F)F)c2ccccc21. The summed E-state index contributed by atoms with van der Waals surface area (Å²) in [6.07, 6.45) is -2.48. The van der Waals surface area contributed by atoms with Crippen LogP contribution < -0.4 is 5.73 Å². The Hall–Kier alpha value is -1.49. The highest BCUT2D eigenvalue weighted by molar-refractivity contribution is 5.82. The Labute approximate surface area is 91.9 Å². The Morgan fingerprint density at radius 1 is 1.38 bits per heavy atom. The van der Waals surface area contributed by atoms with Gasteiger partial charge >= 0.3 is 0 Å². The van der Waals surface area contributed by atoms with Crippen LogP contribution in [0.4, 0.5) is 8.78 Å². The third-order valence-corrected chi connectivity index (χ3v) is 2.70. The largest absolute Gasteiger partial charge is 0.330 e. The van der Waals surface area contributed by atoms with Gasteiger partial charge in [-0.2, -0.15) is 5.10 Å². The van der Waals surface area contributed by atoms with Crippen LogP contribution in [0, 0.1) is 0 Å². The number of nitrogens with two attached hydrogens (primary N) is 1. The maximum absolute atomic E-state index is 12.8. The highest BCUT2D eigenvalue weighted by Gasteiger charge is 2.25. The van der Waals surface area contributed by atoms with Crippen molar-refractivity contribution in [3.05, 3.63) is 30.0 Å². The fraction of sp³-hybridized carbons (Fsp3) is 0.364. The summed E-state index contributed by atoms with van der Waals surface area (Å²) >= 11 is 0. The van der Waals surface area contributed by atoms with Gasteiger partial charge in [0.1, 0.15) is 0 Å². The fourth-order valence-electron chi connectivity index (χ4n) is 1.85. The van der Waals surface area contributed by atoms with Gasteiger partial charge in [-0.15, -0.1) is 0 Å². The summed E-state index contributed by atoms with van der Waals surface area (Å²) in [5, 5.41) is 4.89. The number of para-hydroxylation sites is 1. The van der Waals surface area contributed by atoms with Gasteiger partial charge in [0.05, 0.1) is 17.1 Å². The Morgan fingerprint density at radius 2 is 2.06 bits per heavy atom. The van der Waals surface area contributed by atoms with Gasteiger partial charge in [0, 0.05) is 19.0 Å². The number of rotatable bonds is 3. The normalized spacial score (nSPS) is 13.6. The molecule has 2 rings (SSSR count). The molecule has 16 heavy (non-hydrogen) atoms. The van der Waals surface area contributed by atoms with Crippen LogP contribution in [0.15, 0.2) is 24.3 Å². The van der Waals surface area contributed by atoms with Crippen molar-refractivity contribution in [3.63, 3.8) is 0 Å². The van der Waals surface area contributed by atoms with Crippen molar-refractivity contribution >= 4 is 10.9 Å². The lowest BCUT2D eigenvalue weighted by Gasteiger charge is -2.10. The molecule has 0 bridgehead atoms. The van der Waals surface area contributed by atoms with Crippen molar-refractivity contribution < 1.29 is 8.78 Å². The van der Waals surface area contributed by atoms with Crippen LogP contribution in [0.25, 0.3) is 10.9 Å². The van der Waals surface area contributed by atoms with E-state index in [2.05, 4.69) is 5.10 Å². The van der Waals surface area contributed by atoms with Crippen molar-refractivity contribution in [2.75, 3.05) is 6.54 Å². The highest BCUT2D eigenvalue weighted by atomic mass is 19.3. The third kappa shape index (κ3) is 1.67. The number of alkyl halides is 2. The predicted octanol–water partition coefficient (Wildman–Crippen LogP) is 1.88. The minimum Gasteiger partial charge on any atom is -0.330 e. The molecule has 5 heteroatoms. The number of benzene rings is 1. The quantitative estimate of drug-likeness (QED) is 0.866. The summed E-state index contributed by atoms with van der Waals surface area (Å²) in [5.74, 6) is -0.994. The van der Waals surface area contributed by atoms with E-state index in [1.54, 1.807) is 17.8 Å². The van der Waals surface area contributed by atoms with E-state index in [1.807, 2.05) is 18.2 Å². The van der Waals surface area contributed by atoms with Crippen molar-refractivity contribution in [2.45, 2.75) is 12.3 Å². The number of hydrogen-bond donors (Lipinski definition) is 1. The van der Waals surface area contributed by atoms with Gasteiger partial charge in [-0.1, -0.05) is 18.2 Å². The van der Waals surface area contributed by atoms with E-state index in [0.717, 1.165) is 10.9 Å². The number of aromatic nitrogens is 2. The van der Waals surface area contributed by atoms with Crippen molar-refractivity contribution in [3.8, 4) is 0 Å². The highest BCUT2D eigenvalue weighted by Crippen LogP contribution is 2.28. The van der Waals surface area contributed by atoms with Crippen LogP contribution in [0.1, 0.15) is 11.6 Å². The Kier molecular flexibility index (Phi) is 2.87. The molecular formula is C11H13F2N3. The van der Waals surface area contributed by atoms with Crippen LogP contribution in [0.5, 0.6) is 0 Å². The maximum Gasteiger partial charge on any atom is 0.248 e. The summed E-state index contributed by atoms with van der Waals surface area (Å²) in [5.41, 5.74) is 6.61. The molecule has 0 spiro atoms. The van der Waals surface area contributed by atoms with Crippen LogP contribution in [0.2, 0.25) is 0 Å². The van der Waals surface area contributed by atoms with Crippen LogP contribution >= 0.6 is 0 Å². The Bertz CT molecular complexity index is 493. The Balaban J connectivity index is 2.60. The zero-order valence-corrected chi connectivity index (χ0v) is 8.90. The van der Waals surface area contributed by atoms with Crippen molar-refractivity contribution in [1.82, 2.24) is 9.78 Å². The van der Waals surface area contributed by atoms with Crippen LogP contribution in [0.3, 0.4) is 0 Å². The van der Waals surface area contributed by atoms with Gasteiger partial charge in [-0.3, -0.25) is 4.68 Å². The first kappa shape index (κ1) is 11.0. The molecule has 0 amide bonds. The minimum atomic E-state index is -2.48. The standard InChI is InChI=1S/C11H13F2N3/c1-16-9-5-3-2-4-7(9)10(15-16)8(6-14)11(12)13/h2-5,8,11H,6,14H2,1H3. The number of nitrogens with zero attached hydrogens (tertiary/aromatic N) is 2. The molecule has 1 unspecified atom stereocenters. The monoisotopic (exact) mass is 225 g/mol. The molecule has 0 saturated heterocycles. The maximum atomic E-state index is 12.8. The average molecular weight is 225 g/mol. The van der Waals surface area contributed by atoms with Gasteiger partial charge in [-0.05, 0) is 6.07 Å². The van der Waals surface area contributed by atoms with Crippen LogP contribution in [-0.2, 0) is 7.05 Å². The zero-order valence-electron chi connectivity index (χ0n) is 8.90. The molecule has 86 valence electrons. The molecule has 2 aromatic rings. The lowest BCUT2D eigenvalue weighted by atomic mass is 10.0. The summed E-state index contributed by atoms with van der Waals surface area (Å²) < 4.78 is 27.2. The zero-order chi connectivity index (χ0) is 11.7. The van der Waals surface area contributed by atoms with Gasteiger partial charge in [0.15, 0.2) is 0 Å². The molecule has 0 saturated carbocycles. The minimum absolute atomic E-state index is 0.0985. The average Bonchev–Trinajstić information content (AvgIpc) is 2.58. The lowest BCUT2D eigenvalue weighted by Crippen LogP contribution is -2.20. The van der Waals surface area contributed by atoms with Gasteiger partial charge in [0.25, 0.3) is 0 Å². The molecule has 3 nitrogen and oxygen atoms in total. The first-order valence-electron chi connectivity index (χ1n) is 5.05. The second-order valence-electron chi connectivity index (χ2n) is 3.70. The van der Waals surface area contributed by atoms with E-state index < -0.39 is 12.3 Å². The number of hydrogen-bond acceptors (Lipinski definition) is 2. The number of fused-ring (bicyclic) bond motifs is 1. The van der Waals surface area contributed by atoms with Crippen molar-refractivity contribution in [1.29, 1.82) is 0 Å². The molecule has 2 N–H and O–H groups in total. The molecule has 0 radical (unpaired) electrons. The van der Waals surface area contributed by atoms with Gasteiger partial charge < -0.3 is 5.73 Å². The summed E-state index contributed by atoms with van der Waals surface area (Å²) in [4.78, 5) is 0. The third-order valence-electron chi connectivity index (χ3n) is 2.70. The molecule has 0 fully saturated rings. The topological polar surface area (TPSA) is 43.8 Å². The van der Waals surface area contributed by atoms with E-state index in [4.69, 9.17) is 5.73 Å². The molecule has 0 aliphatic heterocycles. The second-order valence-corrected chi connectivity index (χ2v) is 3.70. The molecule has 1 aromatic heterocycles. The number of halogens is 2.